The average Bonchev–Trinajstić information content (AvgIpc) is 2.35. The maximum absolute atomic E-state index is 6.12. The highest BCUT2D eigenvalue weighted by atomic mass is 15.3. The van der Waals surface area contributed by atoms with E-state index >= 15 is 0 Å². The second-order valence-electron chi connectivity index (χ2n) is 5.19. The van der Waals surface area contributed by atoms with E-state index in [1.54, 1.807) is 0 Å². The number of piperidine rings is 1. The maximum Gasteiger partial charge on any atom is 0.191 e. The zero-order valence-electron chi connectivity index (χ0n) is 10.5. The summed E-state index contributed by atoms with van der Waals surface area (Å²) >= 11 is 0. The molecule has 0 aromatic heterocycles. The monoisotopic (exact) mass is 223 g/mol. The second kappa shape index (κ2) is 5.55. The van der Waals surface area contributed by atoms with Crippen LogP contribution in [-0.4, -0.2) is 30.0 Å². The van der Waals surface area contributed by atoms with Gasteiger partial charge in [-0.05, 0) is 38.0 Å². The van der Waals surface area contributed by atoms with Crippen LogP contribution in [0.3, 0.4) is 0 Å². The molecule has 0 amide bonds. The number of aliphatic imine (C=N–C) groups is 1. The first kappa shape index (κ1) is 11.7. The van der Waals surface area contributed by atoms with Gasteiger partial charge in [0.05, 0.1) is 0 Å². The number of fused-ring (bicyclic) bond motifs is 1. The minimum absolute atomic E-state index is 0.697. The molecule has 2 N–H and O–H groups in total. The normalized spacial score (nSPS) is 31.3. The van der Waals surface area contributed by atoms with E-state index in [1.807, 2.05) is 0 Å². The molecule has 92 valence electrons. The van der Waals surface area contributed by atoms with Gasteiger partial charge in [-0.1, -0.05) is 19.8 Å². The summed E-state index contributed by atoms with van der Waals surface area (Å²) < 4.78 is 0. The van der Waals surface area contributed by atoms with Crippen LogP contribution in [0.5, 0.6) is 0 Å². The standard InChI is InChI=1S/C13H25N3/c1-2-9-15-13(14)16-10-5-7-11-6-3-4-8-12(11)16/h11-12H,2-10H2,1H3,(H2,14,15)/t11-,12-/m1/s1. The molecule has 1 aliphatic heterocycles. The van der Waals surface area contributed by atoms with E-state index in [2.05, 4.69) is 16.8 Å². The van der Waals surface area contributed by atoms with Gasteiger partial charge >= 0.3 is 0 Å². The molecule has 16 heavy (non-hydrogen) atoms. The van der Waals surface area contributed by atoms with Crippen molar-refractivity contribution in [2.24, 2.45) is 16.6 Å². The summed E-state index contributed by atoms with van der Waals surface area (Å²) in [5.41, 5.74) is 6.12. The summed E-state index contributed by atoms with van der Waals surface area (Å²) in [6.45, 7) is 4.15. The van der Waals surface area contributed by atoms with Gasteiger partial charge in [0.15, 0.2) is 5.96 Å². The quantitative estimate of drug-likeness (QED) is 0.577. The highest BCUT2D eigenvalue weighted by Gasteiger charge is 2.33. The molecule has 2 aliphatic rings. The van der Waals surface area contributed by atoms with E-state index in [0.717, 1.165) is 31.4 Å². The van der Waals surface area contributed by atoms with E-state index in [9.17, 15) is 0 Å². The third-order valence-electron chi connectivity index (χ3n) is 4.03. The molecule has 0 radical (unpaired) electrons. The minimum atomic E-state index is 0.697. The molecular formula is C13H25N3. The van der Waals surface area contributed by atoms with Gasteiger partial charge in [0.2, 0.25) is 0 Å². The van der Waals surface area contributed by atoms with E-state index in [1.165, 1.54) is 38.5 Å². The molecule has 0 bridgehead atoms. The lowest BCUT2D eigenvalue weighted by molar-refractivity contribution is 0.118. The molecule has 3 heteroatoms. The Balaban J connectivity index is 2.01. The fourth-order valence-corrected chi connectivity index (χ4v) is 3.23. The second-order valence-corrected chi connectivity index (χ2v) is 5.19. The lowest BCUT2D eigenvalue weighted by Gasteiger charge is -2.44. The molecule has 2 fully saturated rings. The zero-order valence-corrected chi connectivity index (χ0v) is 10.5. The fraction of sp³-hybridized carbons (Fsp3) is 0.923. The summed E-state index contributed by atoms with van der Waals surface area (Å²) in [4.78, 5) is 6.87. The fourth-order valence-electron chi connectivity index (χ4n) is 3.23. The summed E-state index contributed by atoms with van der Waals surface area (Å²) in [5.74, 6) is 1.69. The molecule has 1 aliphatic carbocycles. The Morgan fingerprint density at radius 3 is 2.81 bits per heavy atom. The largest absolute Gasteiger partial charge is 0.370 e. The number of hydrogen-bond acceptors (Lipinski definition) is 1. The van der Waals surface area contributed by atoms with Crippen LogP contribution in [0.1, 0.15) is 51.9 Å². The first-order valence-corrected chi connectivity index (χ1v) is 6.89. The number of rotatable bonds is 2. The number of nitrogens with zero attached hydrogens (tertiary/aromatic N) is 2. The van der Waals surface area contributed by atoms with Crippen molar-refractivity contribution < 1.29 is 0 Å². The minimum Gasteiger partial charge on any atom is -0.370 e. The average molecular weight is 223 g/mol. The van der Waals surface area contributed by atoms with E-state index in [-0.39, 0.29) is 0 Å². The number of likely N-dealkylation sites (tertiary alicyclic amines) is 1. The Bertz CT molecular complexity index is 248. The van der Waals surface area contributed by atoms with Crippen LogP contribution in [0.25, 0.3) is 0 Å². The van der Waals surface area contributed by atoms with Crippen LogP contribution in [0, 0.1) is 5.92 Å². The van der Waals surface area contributed by atoms with Crippen LogP contribution in [-0.2, 0) is 0 Å². The van der Waals surface area contributed by atoms with Crippen LogP contribution < -0.4 is 5.73 Å². The Labute approximate surface area is 99.1 Å². The van der Waals surface area contributed by atoms with Crippen molar-refractivity contribution in [1.82, 2.24) is 4.90 Å². The number of guanidine groups is 1. The van der Waals surface area contributed by atoms with Crippen LogP contribution in [0.15, 0.2) is 4.99 Å². The first-order chi connectivity index (χ1) is 7.83. The zero-order chi connectivity index (χ0) is 11.4. The number of hydrogen-bond donors (Lipinski definition) is 1. The van der Waals surface area contributed by atoms with E-state index in [4.69, 9.17) is 5.73 Å². The molecule has 3 nitrogen and oxygen atoms in total. The lowest BCUT2D eigenvalue weighted by atomic mass is 9.78. The van der Waals surface area contributed by atoms with E-state index < -0.39 is 0 Å². The summed E-state index contributed by atoms with van der Waals surface area (Å²) in [7, 11) is 0. The molecule has 2 atom stereocenters. The smallest absolute Gasteiger partial charge is 0.191 e. The Kier molecular flexibility index (Phi) is 4.08. The molecule has 0 aromatic rings. The highest BCUT2D eigenvalue weighted by Crippen LogP contribution is 2.34. The van der Waals surface area contributed by atoms with Gasteiger partial charge in [-0.25, -0.2) is 0 Å². The first-order valence-electron chi connectivity index (χ1n) is 6.89. The lowest BCUT2D eigenvalue weighted by Crippen LogP contribution is -2.52. The molecule has 1 saturated carbocycles. The van der Waals surface area contributed by atoms with Crippen molar-refractivity contribution >= 4 is 5.96 Å². The third kappa shape index (κ3) is 2.50. The van der Waals surface area contributed by atoms with Crippen molar-refractivity contribution in [3.63, 3.8) is 0 Å². The van der Waals surface area contributed by atoms with Gasteiger partial charge in [-0.15, -0.1) is 0 Å². The highest BCUT2D eigenvalue weighted by molar-refractivity contribution is 5.78. The predicted molar refractivity (Wildman–Crippen MR) is 68.5 cm³/mol. The van der Waals surface area contributed by atoms with Gasteiger partial charge in [0, 0.05) is 19.1 Å². The van der Waals surface area contributed by atoms with Gasteiger partial charge in [0.25, 0.3) is 0 Å². The molecular weight excluding hydrogens is 198 g/mol. The Morgan fingerprint density at radius 1 is 1.25 bits per heavy atom. The van der Waals surface area contributed by atoms with Crippen molar-refractivity contribution in [2.45, 2.75) is 57.9 Å². The molecule has 0 aromatic carbocycles. The van der Waals surface area contributed by atoms with Gasteiger partial charge < -0.3 is 10.6 Å². The van der Waals surface area contributed by atoms with Crippen molar-refractivity contribution in [3.8, 4) is 0 Å². The summed E-state index contributed by atoms with van der Waals surface area (Å²) in [5, 5.41) is 0. The van der Waals surface area contributed by atoms with Gasteiger partial charge in [0.1, 0.15) is 0 Å². The molecule has 1 heterocycles. The Hall–Kier alpha value is -0.730. The molecule has 1 saturated heterocycles. The SMILES string of the molecule is CCCN=C(N)N1CCC[C@H]2CCCC[C@H]21. The number of nitrogens with two attached hydrogens (primary N) is 1. The van der Waals surface area contributed by atoms with Crippen LogP contribution >= 0.6 is 0 Å². The van der Waals surface area contributed by atoms with Gasteiger partial charge in [-0.3, -0.25) is 4.99 Å². The summed E-state index contributed by atoms with van der Waals surface area (Å²) in [6.07, 6.45) is 9.31. The molecule has 2 rings (SSSR count). The van der Waals surface area contributed by atoms with E-state index in [0.29, 0.717) is 6.04 Å². The van der Waals surface area contributed by atoms with Crippen LogP contribution in [0.2, 0.25) is 0 Å². The van der Waals surface area contributed by atoms with Crippen molar-refractivity contribution in [3.05, 3.63) is 0 Å². The molecule has 0 spiro atoms. The van der Waals surface area contributed by atoms with Gasteiger partial charge in [-0.2, -0.15) is 0 Å². The Morgan fingerprint density at radius 2 is 2.00 bits per heavy atom. The third-order valence-corrected chi connectivity index (χ3v) is 4.03. The topological polar surface area (TPSA) is 41.6 Å². The summed E-state index contributed by atoms with van der Waals surface area (Å²) in [6, 6.07) is 0.697. The van der Waals surface area contributed by atoms with Crippen molar-refractivity contribution in [2.75, 3.05) is 13.1 Å². The van der Waals surface area contributed by atoms with Crippen molar-refractivity contribution in [1.29, 1.82) is 0 Å². The molecule has 0 unspecified atom stereocenters. The predicted octanol–water partition coefficient (Wildman–Crippen LogP) is 2.37. The maximum atomic E-state index is 6.12. The van der Waals surface area contributed by atoms with Crippen LogP contribution in [0.4, 0.5) is 0 Å².